The van der Waals surface area contributed by atoms with Crippen LogP contribution >= 0.6 is 15.9 Å². The summed E-state index contributed by atoms with van der Waals surface area (Å²) in [6.45, 7) is 11.7. The Balaban J connectivity index is 2.76. The molecule has 0 aliphatic rings. The van der Waals surface area contributed by atoms with Crippen LogP contribution in [0.15, 0.2) is 22.7 Å². The number of benzene rings is 1. The van der Waals surface area contributed by atoms with Gasteiger partial charge in [0.1, 0.15) is 0 Å². The summed E-state index contributed by atoms with van der Waals surface area (Å²) in [5, 5.41) is 13.1. The Kier molecular flexibility index (Phi) is 4.98. The third kappa shape index (κ3) is 4.71. The van der Waals surface area contributed by atoms with Crippen LogP contribution in [-0.4, -0.2) is 23.8 Å². The van der Waals surface area contributed by atoms with Crippen LogP contribution < -0.4 is 5.32 Å². The standard InChI is InChI=1S/C15H24BrNO/c1-11-6-7-12(16)8-13(11)14(2,3)9-17-10-15(4,5)18/h6-8,17-18H,9-10H2,1-5H3. The van der Waals surface area contributed by atoms with Crippen LogP contribution in [-0.2, 0) is 5.41 Å². The normalized spacial score (nSPS) is 12.8. The van der Waals surface area contributed by atoms with Crippen molar-refractivity contribution in [1.29, 1.82) is 0 Å². The zero-order chi connectivity index (χ0) is 14.0. The van der Waals surface area contributed by atoms with Crippen molar-refractivity contribution in [2.24, 2.45) is 0 Å². The minimum Gasteiger partial charge on any atom is -0.389 e. The predicted octanol–water partition coefficient (Wildman–Crippen LogP) is 3.40. The van der Waals surface area contributed by atoms with Gasteiger partial charge in [0.05, 0.1) is 5.60 Å². The molecule has 3 heteroatoms. The first kappa shape index (κ1) is 15.7. The van der Waals surface area contributed by atoms with E-state index in [9.17, 15) is 5.11 Å². The summed E-state index contributed by atoms with van der Waals surface area (Å²) in [5.41, 5.74) is 2.01. The zero-order valence-corrected chi connectivity index (χ0v) is 13.6. The molecule has 0 amide bonds. The highest BCUT2D eigenvalue weighted by atomic mass is 79.9. The van der Waals surface area contributed by atoms with E-state index in [1.807, 2.05) is 13.8 Å². The van der Waals surface area contributed by atoms with Crippen LogP contribution in [0.4, 0.5) is 0 Å². The topological polar surface area (TPSA) is 32.3 Å². The van der Waals surface area contributed by atoms with Gasteiger partial charge in [0.15, 0.2) is 0 Å². The molecule has 2 N–H and O–H groups in total. The van der Waals surface area contributed by atoms with Crippen molar-refractivity contribution in [3.05, 3.63) is 33.8 Å². The summed E-state index contributed by atoms with van der Waals surface area (Å²) in [6, 6.07) is 6.39. The van der Waals surface area contributed by atoms with Gasteiger partial charge >= 0.3 is 0 Å². The number of nitrogens with one attached hydrogen (secondary N) is 1. The third-order valence-electron chi connectivity index (χ3n) is 3.05. The van der Waals surface area contributed by atoms with Crippen molar-refractivity contribution in [2.45, 2.75) is 45.6 Å². The predicted molar refractivity (Wildman–Crippen MR) is 81.1 cm³/mol. The molecule has 102 valence electrons. The fraction of sp³-hybridized carbons (Fsp3) is 0.600. The van der Waals surface area contributed by atoms with Gasteiger partial charge in [-0.25, -0.2) is 0 Å². The second kappa shape index (κ2) is 5.72. The van der Waals surface area contributed by atoms with Crippen molar-refractivity contribution in [3.8, 4) is 0 Å². The van der Waals surface area contributed by atoms with Crippen LogP contribution in [0, 0.1) is 6.92 Å². The maximum Gasteiger partial charge on any atom is 0.0715 e. The Bertz CT molecular complexity index is 407. The van der Waals surface area contributed by atoms with E-state index in [0.29, 0.717) is 6.54 Å². The number of halogens is 1. The molecule has 0 saturated carbocycles. The lowest BCUT2D eigenvalue weighted by Gasteiger charge is -2.29. The Hall–Kier alpha value is -0.380. The van der Waals surface area contributed by atoms with E-state index in [4.69, 9.17) is 0 Å². The summed E-state index contributed by atoms with van der Waals surface area (Å²) in [5.74, 6) is 0. The van der Waals surface area contributed by atoms with Crippen molar-refractivity contribution < 1.29 is 5.11 Å². The molecule has 0 aromatic heterocycles. The second-order valence-corrected chi connectivity index (χ2v) is 7.17. The molecular weight excluding hydrogens is 290 g/mol. The van der Waals surface area contributed by atoms with E-state index in [1.165, 1.54) is 11.1 Å². The maximum absolute atomic E-state index is 9.71. The van der Waals surface area contributed by atoms with Crippen molar-refractivity contribution in [3.63, 3.8) is 0 Å². The van der Waals surface area contributed by atoms with Crippen LogP contribution in [0.5, 0.6) is 0 Å². The number of hydrogen-bond acceptors (Lipinski definition) is 2. The summed E-state index contributed by atoms with van der Waals surface area (Å²) in [6.07, 6.45) is 0. The van der Waals surface area contributed by atoms with E-state index in [1.54, 1.807) is 0 Å². The lowest BCUT2D eigenvalue weighted by Crippen LogP contribution is -2.41. The van der Waals surface area contributed by atoms with Gasteiger partial charge in [-0.05, 0) is 44.0 Å². The number of aliphatic hydroxyl groups is 1. The number of aryl methyl sites for hydroxylation is 1. The van der Waals surface area contributed by atoms with E-state index in [0.717, 1.165) is 11.0 Å². The van der Waals surface area contributed by atoms with Gasteiger partial charge < -0.3 is 10.4 Å². The first-order valence-electron chi connectivity index (χ1n) is 6.31. The fourth-order valence-electron chi connectivity index (χ4n) is 2.10. The average Bonchev–Trinajstić information content (AvgIpc) is 2.19. The second-order valence-electron chi connectivity index (χ2n) is 6.26. The van der Waals surface area contributed by atoms with Crippen molar-refractivity contribution in [1.82, 2.24) is 5.32 Å². The SMILES string of the molecule is Cc1ccc(Br)cc1C(C)(C)CNCC(C)(C)O. The molecule has 0 radical (unpaired) electrons. The van der Waals surface area contributed by atoms with Crippen molar-refractivity contribution in [2.75, 3.05) is 13.1 Å². The minimum atomic E-state index is -0.664. The first-order chi connectivity index (χ1) is 8.12. The summed E-state index contributed by atoms with van der Waals surface area (Å²) in [7, 11) is 0. The van der Waals surface area contributed by atoms with E-state index in [2.05, 4.69) is 60.2 Å². The molecule has 1 aromatic carbocycles. The van der Waals surface area contributed by atoms with Gasteiger partial charge in [-0.3, -0.25) is 0 Å². The Morgan fingerprint density at radius 2 is 1.78 bits per heavy atom. The van der Waals surface area contributed by atoms with E-state index >= 15 is 0 Å². The molecule has 0 unspecified atom stereocenters. The molecule has 1 aromatic rings. The number of hydrogen-bond donors (Lipinski definition) is 2. The van der Waals surface area contributed by atoms with E-state index in [-0.39, 0.29) is 5.41 Å². The lowest BCUT2D eigenvalue weighted by molar-refractivity contribution is 0.0785. The molecule has 0 aliphatic carbocycles. The minimum absolute atomic E-state index is 0.0408. The Morgan fingerprint density at radius 3 is 2.33 bits per heavy atom. The first-order valence-corrected chi connectivity index (χ1v) is 7.11. The van der Waals surface area contributed by atoms with Gasteiger partial charge in [0, 0.05) is 23.0 Å². The average molecular weight is 314 g/mol. The molecule has 0 atom stereocenters. The summed E-state index contributed by atoms with van der Waals surface area (Å²) >= 11 is 3.53. The highest BCUT2D eigenvalue weighted by Crippen LogP contribution is 2.28. The van der Waals surface area contributed by atoms with Crippen LogP contribution in [0.3, 0.4) is 0 Å². The molecule has 0 aliphatic heterocycles. The Labute approximate surface area is 119 Å². The molecule has 18 heavy (non-hydrogen) atoms. The Morgan fingerprint density at radius 1 is 1.17 bits per heavy atom. The molecule has 0 spiro atoms. The monoisotopic (exact) mass is 313 g/mol. The zero-order valence-electron chi connectivity index (χ0n) is 12.0. The highest BCUT2D eigenvalue weighted by molar-refractivity contribution is 9.10. The quantitative estimate of drug-likeness (QED) is 0.873. The molecule has 0 saturated heterocycles. The lowest BCUT2D eigenvalue weighted by atomic mass is 9.82. The molecule has 1 rings (SSSR count). The van der Waals surface area contributed by atoms with Crippen LogP contribution in [0.1, 0.15) is 38.8 Å². The molecule has 0 heterocycles. The molecule has 0 bridgehead atoms. The largest absolute Gasteiger partial charge is 0.389 e. The van der Waals surface area contributed by atoms with Gasteiger partial charge in [0.25, 0.3) is 0 Å². The summed E-state index contributed by atoms with van der Waals surface area (Å²) < 4.78 is 1.11. The molecule has 2 nitrogen and oxygen atoms in total. The highest BCUT2D eigenvalue weighted by Gasteiger charge is 2.23. The van der Waals surface area contributed by atoms with Gasteiger partial charge in [-0.15, -0.1) is 0 Å². The van der Waals surface area contributed by atoms with E-state index < -0.39 is 5.60 Å². The summed E-state index contributed by atoms with van der Waals surface area (Å²) in [4.78, 5) is 0. The molecular formula is C15H24BrNO. The number of rotatable bonds is 5. The molecule has 0 fully saturated rings. The smallest absolute Gasteiger partial charge is 0.0715 e. The van der Waals surface area contributed by atoms with Gasteiger partial charge in [-0.1, -0.05) is 35.8 Å². The van der Waals surface area contributed by atoms with Gasteiger partial charge in [-0.2, -0.15) is 0 Å². The van der Waals surface area contributed by atoms with Crippen LogP contribution in [0.25, 0.3) is 0 Å². The van der Waals surface area contributed by atoms with Crippen LogP contribution in [0.2, 0.25) is 0 Å². The third-order valence-corrected chi connectivity index (χ3v) is 3.55. The fourth-order valence-corrected chi connectivity index (χ4v) is 2.46. The van der Waals surface area contributed by atoms with Crippen molar-refractivity contribution >= 4 is 15.9 Å². The van der Waals surface area contributed by atoms with Gasteiger partial charge in [0.2, 0.25) is 0 Å². The maximum atomic E-state index is 9.71.